The van der Waals surface area contributed by atoms with Gasteiger partial charge in [-0.3, -0.25) is 47.1 Å². The molecule has 3 fully saturated rings. The van der Waals surface area contributed by atoms with E-state index in [1.54, 1.807) is 0 Å². The number of nitrogens with one attached hydrogen (secondary N) is 2. The molecule has 29 nitrogen and oxygen atoms in total. The van der Waals surface area contributed by atoms with Gasteiger partial charge < -0.3 is 60.0 Å². The first-order valence-electron chi connectivity index (χ1n) is 20.1. The zero-order valence-electron chi connectivity index (χ0n) is 34.8. The van der Waals surface area contributed by atoms with Gasteiger partial charge in [-0.1, -0.05) is 12.2 Å². The highest BCUT2D eigenvalue weighted by molar-refractivity contribution is 8.44. The maximum absolute atomic E-state index is 13.8. The van der Waals surface area contributed by atoms with E-state index in [1.165, 1.54) is 41.0 Å². The second-order valence-electron chi connectivity index (χ2n) is 15.4. The molecule has 0 aromatic carbocycles. The van der Waals surface area contributed by atoms with Crippen molar-refractivity contribution in [1.29, 1.82) is 0 Å². The third-order valence-corrected chi connectivity index (χ3v) is 13.9. The Balaban J connectivity index is 0.961. The quantitative estimate of drug-likeness (QED) is 0.0310. The van der Waals surface area contributed by atoms with Crippen LogP contribution in [0.1, 0.15) is 57.7 Å². The number of nitrogens with zero attached hydrogens (tertiary/aromatic N) is 8. The van der Waals surface area contributed by atoms with Crippen LogP contribution in [-0.4, -0.2) is 127 Å². The normalized spacial score (nSPS) is 27.1. The van der Waals surface area contributed by atoms with Gasteiger partial charge in [0, 0.05) is 31.9 Å². The Morgan fingerprint density at radius 1 is 0.821 bits per heavy atom. The Kier molecular flexibility index (Phi) is 14.1. The van der Waals surface area contributed by atoms with Crippen LogP contribution in [0.3, 0.4) is 0 Å². The second-order valence-corrected chi connectivity index (χ2v) is 21.1. The van der Waals surface area contributed by atoms with Crippen LogP contribution >= 0.6 is 25.8 Å². The van der Waals surface area contributed by atoms with Gasteiger partial charge in [-0.15, -0.1) is 0 Å². The molecule has 2 unspecified atom stereocenters. The monoisotopic (exact) mass is 1020 g/mol. The number of H-pyrrole nitrogens is 2. The lowest BCUT2D eigenvalue weighted by Gasteiger charge is -2.26. The molecule has 3 aliphatic heterocycles. The summed E-state index contributed by atoms with van der Waals surface area (Å²) in [7, 11) is 0. The average molecular weight is 1020 g/mol. The average Bonchev–Trinajstić information content (AvgIpc) is 4.09. The summed E-state index contributed by atoms with van der Waals surface area (Å²) >= 11 is 9.57. The molecule has 5 aromatic heterocycles. The molecule has 8 rings (SSSR count). The predicted molar refractivity (Wildman–Crippen MR) is 235 cm³/mol. The first-order valence-corrected chi connectivity index (χ1v) is 25.4. The SMILES string of the molecule is CC(=O)CCC(=O)O[C@H]1C[C@H](n2cnc3c(=O)[nH]c(N)nc32)O[C@@H]1COP(O)(=S)O[C@H]1C[C@H](n2ccc(N)nc2=O)O[C@@H]1COP(=O)(S)O[C@H]1C[C@H](n2cnc3c(=O)[nH]c(N)nc32)O[C@@H]1CO. The third kappa shape index (κ3) is 11.0. The van der Waals surface area contributed by atoms with Crippen molar-refractivity contribution in [2.75, 3.05) is 37.0 Å². The topological polar surface area (TPSA) is 406 Å². The Labute approximate surface area is 385 Å². The molecule has 0 bridgehead atoms. The molecule has 362 valence electrons. The highest BCUT2D eigenvalue weighted by Gasteiger charge is 2.46. The fourth-order valence-electron chi connectivity index (χ4n) is 7.62. The van der Waals surface area contributed by atoms with Crippen molar-refractivity contribution in [3.05, 3.63) is 56.1 Å². The zero-order valence-corrected chi connectivity index (χ0v) is 38.3. The first kappa shape index (κ1) is 48.4. The number of ketones is 1. The molecule has 67 heavy (non-hydrogen) atoms. The summed E-state index contributed by atoms with van der Waals surface area (Å²) in [6, 6.07) is 1.35. The lowest BCUT2D eigenvalue weighted by Crippen LogP contribution is -2.32. The molecule has 0 spiro atoms. The van der Waals surface area contributed by atoms with Crippen molar-refractivity contribution in [2.24, 2.45) is 0 Å². The summed E-state index contributed by atoms with van der Waals surface area (Å²) < 4.78 is 64.7. The number of anilines is 3. The van der Waals surface area contributed by atoms with Crippen molar-refractivity contribution >= 4 is 89.4 Å². The molecule has 0 amide bonds. The number of fused-ring (bicyclic) bond motifs is 2. The Hall–Kier alpha value is -5.01. The molecule has 3 aliphatic rings. The van der Waals surface area contributed by atoms with E-state index in [2.05, 4.69) is 47.1 Å². The maximum Gasteiger partial charge on any atom is 0.386 e. The molecule has 0 radical (unpaired) electrons. The number of aromatic nitrogens is 10. The molecule has 0 saturated carbocycles. The summed E-state index contributed by atoms with van der Waals surface area (Å²) in [6.07, 6.45) is -6.42. The fourth-order valence-corrected chi connectivity index (χ4v) is 10.6. The number of esters is 1. The highest BCUT2D eigenvalue weighted by atomic mass is 32.7. The summed E-state index contributed by atoms with van der Waals surface area (Å²) in [5, 5.41) is 10.1. The van der Waals surface area contributed by atoms with Crippen LogP contribution in [0.25, 0.3) is 22.3 Å². The minimum atomic E-state index is -4.37. The van der Waals surface area contributed by atoms with Crippen molar-refractivity contribution in [3.8, 4) is 0 Å². The second kappa shape index (κ2) is 19.5. The molecule has 5 aromatic rings. The zero-order chi connectivity index (χ0) is 47.9. The maximum atomic E-state index is 13.8. The smallest absolute Gasteiger partial charge is 0.386 e. The minimum Gasteiger partial charge on any atom is -0.459 e. The van der Waals surface area contributed by atoms with E-state index in [9.17, 15) is 38.5 Å². The van der Waals surface area contributed by atoms with E-state index in [0.717, 1.165) is 4.57 Å². The lowest BCUT2D eigenvalue weighted by atomic mass is 10.2. The van der Waals surface area contributed by atoms with Crippen LogP contribution in [0.2, 0.25) is 0 Å². The largest absolute Gasteiger partial charge is 0.459 e. The lowest BCUT2D eigenvalue weighted by molar-refractivity contribution is -0.153. The number of carbonyl (C=O) groups is 2. The molecule has 0 aliphatic carbocycles. The number of nitrogens with two attached hydrogens (primary N) is 3. The molecule has 33 heteroatoms. The van der Waals surface area contributed by atoms with Crippen molar-refractivity contribution in [2.45, 2.75) is 94.3 Å². The van der Waals surface area contributed by atoms with Crippen molar-refractivity contribution in [1.82, 2.24) is 48.6 Å². The summed E-state index contributed by atoms with van der Waals surface area (Å²) in [4.78, 5) is 98.4. The number of aromatic amines is 2. The van der Waals surface area contributed by atoms with Gasteiger partial charge in [-0.05, 0) is 24.8 Å². The van der Waals surface area contributed by atoms with E-state index < -0.39 is 111 Å². The number of Topliss-reactive ketones (excluding diaryl/α,β-unsaturated/α-hetero) is 1. The summed E-state index contributed by atoms with van der Waals surface area (Å²) in [6.45, 7) is -9.09. The van der Waals surface area contributed by atoms with Gasteiger partial charge in [0.25, 0.3) is 11.1 Å². The Morgan fingerprint density at radius 3 is 1.91 bits per heavy atom. The van der Waals surface area contributed by atoms with Gasteiger partial charge in [0.2, 0.25) is 11.9 Å². The number of thiol groups is 1. The summed E-state index contributed by atoms with van der Waals surface area (Å²) in [5.41, 5.74) is 15.3. The van der Waals surface area contributed by atoms with Gasteiger partial charge in [0.05, 0.1) is 45.0 Å². The van der Waals surface area contributed by atoms with E-state index in [1.807, 2.05) is 0 Å². The van der Waals surface area contributed by atoms with E-state index in [0.29, 0.717) is 0 Å². The minimum absolute atomic E-state index is 0.0238. The van der Waals surface area contributed by atoms with Crippen molar-refractivity contribution < 1.29 is 61.2 Å². The van der Waals surface area contributed by atoms with Crippen molar-refractivity contribution in [3.63, 3.8) is 0 Å². The number of nitrogen functional groups attached to an aromatic ring is 3. The van der Waals surface area contributed by atoms with Crippen LogP contribution in [0.5, 0.6) is 0 Å². The van der Waals surface area contributed by atoms with E-state index in [-0.39, 0.29) is 77.9 Å². The highest BCUT2D eigenvalue weighted by Crippen LogP contribution is 2.57. The van der Waals surface area contributed by atoms with Crippen LogP contribution in [0, 0.1) is 0 Å². The molecule has 11 atom stereocenters. The number of aliphatic hydroxyl groups excluding tert-OH is 1. The fraction of sp³-hybridized carbons (Fsp3) is 0.529. The summed E-state index contributed by atoms with van der Waals surface area (Å²) in [5.74, 6) is -1.39. The third-order valence-electron chi connectivity index (χ3n) is 10.7. The van der Waals surface area contributed by atoms with Crippen LogP contribution in [0.4, 0.5) is 17.7 Å². The van der Waals surface area contributed by atoms with E-state index >= 15 is 0 Å². The van der Waals surface area contributed by atoms with Gasteiger partial charge >= 0.3 is 25.2 Å². The van der Waals surface area contributed by atoms with Crippen LogP contribution in [0.15, 0.2) is 39.3 Å². The molecule has 3 saturated heterocycles. The van der Waals surface area contributed by atoms with E-state index in [4.69, 9.17) is 66.1 Å². The Morgan fingerprint density at radius 2 is 1.34 bits per heavy atom. The molecule has 8 heterocycles. The number of imidazole rings is 2. The number of aliphatic hydroxyl groups is 1. The molecular weight excluding hydrogens is 973 g/mol. The number of rotatable bonds is 18. The van der Waals surface area contributed by atoms with Gasteiger partial charge in [-0.2, -0.15) is 15.0 Å². The Bertz CT molecular complexity index is 2970. The molecular formula is C34H43N13O16P2S2. The first-order chi connectivity index (χ1) is 31.8. The predicted octanol–water partition coefficient (Wildman–Crippen LogP) is -0.550. The van der Waals surface area contributed by atoms with Crippen LogP contribution in [-0.2, 0) is 63.0 Å². The standard InChI is InChI=1S/C34H43N13O16P2S2/c1-14(49)2-3-25(50)61-15-6-23(46-12-38-26-28(46)41-32(36)43-30(26)51)59-19(15)10-56-65(55,67)63-17-8-22(45-5-4-21(35)40-34(45)53)60-20(17)11-57-64(54,66)62-16-7-24(58-18(16)9-48)47-13-39-27-29(47)42-33(37)44-31(27)52/h4-5,12-13,15-20,22-24,48H,2-3,6-11H2,1H3,(H,54,66)(H,55,67)(H2,35,40,53)(H3,36,41,43,51)(H3,37,42,44,52)/t15-,16-,17-,18+,19+,20+,22+,23+,24+,64?,65?/m0/s1. The van der Waals surface area contributed by atoms with Gasteiger partial charge in [0.1, 0.15) is 60.8 Å². The number of carbonyl (C=O) groups excluding carboxylic acids is 2. The number of hydrogen-bond donors (Lipinski definition) is 8. The van der Waals surface area contributed by atoms with Gasteiger partial charge in [0.15, 0.2) is 22.3 Å². The number of hydrogen-bond acceptors (Lipinski definition) is 24. The molecule has 10 N–H and O–H groups in total. The van der Waals surface area contributed by atoms with Gasteiger partial charge in [-0.25, -0.2) is 19.3 Å². The van der Waals surface area contributed by atoms with Crippen LogP contribution < -0.4 is 34.0 Å². The number of ether oxygens (including phenoxy) is 4.